The van der Waals surface area contributed by atoms with Gasteiger partial charge in [0.1, 0.15) is 0 Å². The van der Waals surface area contributed by atoms with Crippen molar-refractivity contribution in [2.24, 2.45) is 0 Å². The van der Waals surface area contributed by atoms with Gasteiger partial charge in [-0.15, -0.1) is 0 Å². The Bertz CT molecular complexity index is 526. The summed E-state index contributed by atoms with van der Waals surface area (Å²) in [7, 11) is 0. The van der Waals surface area contributed by atoms with Crippen LogP contribution in [0.5, 0.6) is 0 Å². The highest BCUT2D eigenvalue weighted by Crippen LogP contribution is 2.18. The smallest absolute Gasteiger partial charge is 0.238 e. The van der Waals surface area contributed by atoms with Crippen LogP contribution in [0.15, 0.2) is 24.3 Å². The predicted octanol–water partition coefficient (Wildman–Crippen LogP) is 1.92. The number of aryl methyl sites for hydroxylation is 1. The van der Waals surface area contributed by atoms with Crippen molar-refractivity contribution in [3.05, 3.63) is 29.8 Å². The lowest BCUT2D eigenvalue weighted by atomic mass is 10.2. The first kappa shape index (κ1) is 16.5. The number of hydrogen-bond donors (Lipinski definition) is 2. The van der Waals surface area contributed by atoms with Gasteiger partial charge in [-0.2, -0.15) is 0 Å². The number of nitrogens with one attached hydrogen (secondary N) is 2. The van der Waals surface area contributed by atoms with E-state index in [0.717, 1.165) is 37.1 Å². The van der Waals surface area contributed by atoms with E-state index in [2.05, 4.69) is 10.6 Å². The Morgan fingerprint density at radius 3 is 2.50 bits per heavy atom. The zero-order valence-corrected chi connectivity index (χ0v) is 13.4. The van der Waals surface area contributed by atoms with Crippen LogP contribution in [-0.2, 0) is 9.59 Å². The zero-order chi connectivity index (χ0) is 15.9. The minimum Gasteiger partial charge on any atom is -0.352 e. The number of anilines is 1. The number of carbonyl (C=O) groups is 2. The van der Waals surface area contributed by atoms with Crippen LogP contribution in [0.25, 0.3) is 0 Å². The Labute approximate surface area is 132 Å². The first-order chi connectivity index (χ1) is 10.6. The van der Waals surface area contributed by atoms with Gasteiger partial charge < -0.3 is 10.6 Å². The lowest BCUT2D eigenvalue weighted by molar-refractivity contribution is -0.123. The third-order valence-electron chi connectivity index (χ3n) is 3.64. The first-order valence-corrected chi connectivity index (χ1v) is 7.95. The van der Waals surface area contributed by atoms with Gasteiger partial charge in [0, 0.05) is 11.7 Å². The van der Waals surface area contributed by atoms with Crippen molar-refractivity contribution in [2.45, 2.75) is 39.2 Å². The van der Waals surface area contributed by atoms with Gasteiger partial charge >= 0.3 is 0 Å². The average molecular weight is 303 g/mol. The Balaban J connectivity index is 1.84. The first-order valence-electron chi connectivity index (χ1n) is 7.95. The van der Waals surface area contributed by atoms with Gasteiger partial charge in [-0.1, -0.05) is 25.1 Å². The molecule has 1 saturated carbocycles. The van der Waals surface area contributed by atoms with Gasteiger partial charge in [0.25, 0.3) is 0 Å². The SMILES string of the molecule is CCCN(CC(=O)Nc1ccccc1C)CC(=O)NC1CC1. The van der Waals surface area contributed by atoms with Crippen LogP contribution < -0.4 is 10.6 Å². The molecule has 0 atom stereocenters. The number of rotatable bonds is 8. The number of carbonyl (C=O) groups excluding carboxylic acids is 2. The maximum Gasteiger partial charge on any atom is 0.238 e. The standard InChI is InChI=1S/C17H25N3O2/c1-3-10-20(11-16(21)18-14-8-9-14)12-17(22)19-15-7-5-4-6-13(15)2/h4-7,14H,3,8-12H2,1-2H3,(H,18,21)(H,19,22). The van der Waals surface area contributed by atoms with Crippen LogP contribution >= 0.6 is 0 Å². The molecule has 2 rings (SSSR count). The second kappa shape index (κ2) is 7.94. The minimum atomic E-state index is -0.0815. The van der Waals surface area contributed by atoms with Gasteiger partial charge in [0.15, 0.2) is 0 Å². The Morgan fingerprint density at radius 1 is 1.18 bits per heavy atom. The average Bonchev–Trinajstić information content (AvgIpc) is 3.25. The van der Waals surface area contributed by atoms with Crippen LogP contribution in [0.2, 0.25) is 0 Å². The van der Waals surface area contributed by atoms with Crippen LogP contribution in [-0.4, -0.2) is 42.4 Å². The largest absolute Gasteiger partial charge is 0.352 e. The Kier molecular flexibility index (Phi) is 5.95. The second-order valence-corrected chi connectivity index (χ2v) is 5.92. The van der Waals surface area contributed by atoms with Gasteiger partial charge in [-0.3, -0.25) is 14.5 Å². The summed E-state index contributed by atoms with van der Waals surface area (Å²) < 4.78 is 0. The zero-order valence-electron chi connectivity index (χ0n) is 13.4. The van der Waals surface area contributed by atoms with Gasteiger partial charge in [0.2, 0.25) is 11.8 Å². The number of amides is 2. The maximum atomic E-state index is 12.2. The van der Waals surface area contributed by atoms with E-state index in [0.29, 0.717) is 6.04 Å². The molecule has 0 aliphatic heterocycles. The summed E-state index contributed by atoms with van der Waals surface area (Å²) in [5.41, 5.74) is 1.86. The van der Waals surface area contributed by atoms with E-state index in [9.17, 15) is 9.59 Å². The van der Waals surface area contributed by atoms with Crippen LogP contribution in [0, 0.1) is 6.92 Å². The molecule has 2 amide bonds. The molecular weight excluding hydrogens is 278 g/mol. The molecular formula is C17H25N3O2. The van der Waals surface area contributed by atoms with Gasteiger partial charge in [-0.05, 0) is 44.4 Å². The third-order valence-corrected chi connectivity index (χ3v) is 3.64. The van der Waals surface area contributed by atoms with Crippen molar-refractivity contribution in [2.75, 3.05) is 25.0 Å². The van der Waals surface area contributed by atoms with Crippen LogP contribution in [0.1, 0.15) is 31.7 Å². The van der Waals surface area contributed by atoms with E-state index in [1.807, 2.05) is 43.0 Å². The van der Waals surface area contributed by atoms with Crippen molar-refractivity contribution in [3.63, 3.8) is 0 Å². The molecule has 1 aromatic carbocycles. The van der Waals surface area contributed by atoms with E-state index in [1.54, 1.807) is 0 Å². The lowest BCUT2D eigenvalue weighted by Gasteiger charge is -2.20. The summed E-state index contributed by atoms with van der Waals surface area (Å²) in [6.45, 7) is 5.26. The molecule has 1 aliphatic carbocycles. The Morgan fingerprint density at radius 2 is 1.86 bits per heavy atom. The fourth-order valence-corrected chi connectivity index (χ4v) is 2.34. The van der Waals surface area contributed by atoms with E-state index in [-0.39, 0.29) is 24.9 Å². The topological polar surface area (TPSA) is 61.4 Å². The Hall–Kier alpha value is -1.88. The second-order valence-electron chi connectivity index (χ2n) is 5.92. The molecule has 0 spiro atoms. The van der Waals surface area contributed by atoms with E-state index in [4.69, 9.17) is 0 Å². The molecule has 22 heavy (non-hydrogen) atoms. The molecule has 1 aromatic rings. The molecule has 1 aliphatic rings. The number of nitrogens with zero attached hydrogens (tertiary/aromatic N) is 1. The molecule has 0 aromatic heterocycles. The summed E-state index contributed by atoms with van der Waals surface area (Å²) in [6, 6.07) is 8.04. The van der Waals surface area contributed by atoms with E-state index in [1.165, 1.54) is 0 Å². The van der Waals surface area contributed by atoms with E-state index < -0.39 is 0 Å². The van der Waals surface area contributed by atoms with Crippen LogP contribution in [0.3, 0.4) is 0 Å². The minimum absolute atomic E-state index is 0.0136. The molecule has 0 bridgehead atoms. The molecule has 0 radical (unpaired) electrons. The maximum absolute atomic E-state index is 12.2. The fraction of sp³-hybridized carbons (Fsp3) is 0.529. The summed E-state index contributed by atoms with van der Waals surface area (Å²) >= 11 is 0. The summed E-state index contributed by atoms with van der Waals surface area (Å²) in [4.78, 5) is 26.0. The number of para-hydroxylation sites is 1. The predicted molar refractivity (Wildman–Crippen MR) is 87.7 cm³/mol. The lowest BCUT2D eigenvalue weighted by Crippen LogP contribution is -2.42. The molecule has 0 unspecified atom stereocenters. The fourth-order valence-electron chi connectivity index (χ4n) is 2.34. The highest BCUT2D eigenvalue weighted by atomic mass is 16.2. The molecule has 1 fully saturated rings. The number of benzene rings is 1. The third kappa shape index (κ3) is 5.48. The number of hydrogen-bond acceptors (Lipinski definition) is 3. The molecule has 5 heteroatoms. The normalized spacial score (nSPS) is 14.0. The molecule has 5 nitrogen and oxygen atoms in total. The van der Waals surface area contributed by atoms with Gasteiger partial charge in [0.05, 0.1) is 13.1 Å². The van der Waals surface area contributed by atoms with Crippen LogP contribution in [0.4, 0.5) is 5.69 Å². The van der Waals surface area contributed by atoms with E-state index >= 15 is 0 Å². The quantitative estimate of drug-likeness (QED) is 0.771. The van der Waals surface area contributed by atoms with Crippen molar-refractivity contribution < 1.29 is 9.59 Å². The molecule has 120 valence electrons. The van der Waals surface area contributed by atoms with Crippen molar-refractivity contribution in [1.82, 2.24) is 10.2 Å². The van der Waals surface area contributed by atoms with Gasteiger partial charge in [-0.25, -0.2) is 0 Å². The van der Waals surface area contributed by atoms with Crippen molar-refractivity contribution in [1.29, 1.82) is 0 Å². The van der Waals surface area contributed by atoms with Crippen molar-refractivity contribution >= 4 is 17.5 Å². The highest BCUT2D eigenvalue weighted by molar-refractivity contribution is 5.93. The molecule has 0 saturated heterocycles. The monoisotopic (exact) mass is 303 g/mol. The molecule has 2 N–H and O–H groups in total. The summed E-state index contributed by atoms with van der Waals surface area (Å²) in [6.07, 6.45) is 3.06. The van der Waals surface area contributed by atoms with Crippen molar-refractivity contribution in [3.8, 4) is 0 Å². The molecule has 0 heterocycles. The summed E-state index contributed by atoms with van der Waals surface area (Å²) in [5, 5.41) is 5.88. The highest BCUT2D eigenvalue weighted by Gasteiger charge is 2.24. The summed E-state index contributed by atoms with van der Waals surface area (Å²) in [5.74, 6) is -0.0680.